The second kappa shape index (κ2) is 15.5. The quantitative estimate of drug-likeness (QED) is 0.284. The fourth-order valence-corrected chi connectivity index (χ4v) is 3.64. The Bertz CT molecular complexity index is 986. The van der Waals surface area contributed by atoms with Gasteiger partial charge in [-0.15, -0.1) is 0 Å². The molecule has 0 saturated heterocycles. The van der Waals surface area contributed by atoms with Crippen molar-refractivity contribution in [2.75, 3.05) is 31.5 Å². The summed E-state index contributed by atoms with van der Waals surface area (Å²) in [7, 11) is 0. The number of carbonyl (C=O) groups excluding carboxylic acids is 3. The fraction of sp³-hybridized carbons (Fsp3) is 0.423. The van der Waals surface area contributed by atoms with Crippen LogP contribution in [-0.2, 0) is 20.8 Å². The van der Waals surface area contributed by atoms with Crippen molar-refractivity contribution in [2.24, 2.45) is 17.4 Å². The van der Waals surface area contributed by atoms with Crippen molar-refractivity contribution >= 4 is 23.4 Å². The Kier molecular flexibility index (Phi) is 12.4. The van der Waals surface area contributed by atoms with Crippen LogP contribution in [0, 0.1) is 5.92 Å². The van der Waals surface area contributed by atoms with Crippen molar-refractivity contribution in [2.45, 2.75) is 38.8 Å². The molecule has 6 N–H and O–H groups in total. The highest BCUT2D eigenvalue weighted by atomic mass is 19.3. The molecule has 0 bridgehead atoms. The van der Waals surface area contributed by atoms with E-state index in [9.17, 15) is 23.2 Å². The maximum atomic E-state index is 13.1. The lowest BCUT2D eigenvalue weighted by molar-refractivity contribution is -0.136. The van der Waals surface area contributed by atoms with Crippen LogP contribution in [0.5, 0.6) is 5.75 Å². The summed E-state index contributed by atoms with van der Waals surface area (Å²) in [6.45, 7) is -0.0949. The summed E-state index contributed by atoms with van der Waals surface area (Å²) in [5, 5.41) is 5.45. The van der Waals surface area contributed by atoms with E-state index in [-0.39, 0.29) is 31.2 Å². The molecule has 37 heavy (non-hydrogen) atoms. The summed E-state index contributed by atoms with van der Waals surface area (Å²) in [5.74, 6) is -1.89. The predicted molar refractivity (Wildman–Crippen MR) is 137 cm³/mol. The lowest BCUT2D eigenvalue weighted by Crippen LogP contribution is -2.47. The highest BCUT2D eigenvalue weighted by molar-refractivity contribution is 5.97. The second-order valence-corrected chi connectivity index (χ2v) is 8.54. The molecule has 2 unspecified atom stereocenters. The Hall–Kier alpha value is -3.57. The van der Waals surface area contributed by atoms with Crippen LogP contribution >= 0.6 is 0 Å². The highest BCUT2D eigenvalue weighted by Gasteiger charge is 2.26. The van der Waals surface area contributed by atoms with Gasteiger partial charge in [-0.3, -0.25) is 14.4 Å². The maximum absolute atomic E-state index is 13.1. The van der Waals surface area contributed by atoms with Crippen molar-refractivity contribution in [3.63, 3.8) is 0 Å². The van der Waals surface area contributed by atoms with Crippen LogP contribution in [0.25, 0.3) is 0 Å². The van der Waals surface area contributed by atoms with Crippen LogP contribution in [0.1, 0.15) is 25.3 Å². The molecule has 0 saturated carbocycles. The van der Waals surface area contributed by atoms with E-state index in [0.29, 0.717) is 31.6 Å². The van der Waals surface area contributed by atoms with Gasteiger partial charge in [0.15, 0.2) is 0 Å². The number of hydrogen-bond donors (Lipinski definition) is 4. The van der Waals surface area contributed by atoms with Crippen LogP contribution in [0.15, 0.2) is 54.6 Å². The van der Waals surface area contributed by atoms with Crippen LogP contribution in [0.2, 0.25) is 0 Å². The molecule has 0 aliphatic carbocycles. The van der Waals surface area contributed by atoms with Gasteiger partial charge in [-0.05, 0) is 42.7 Å². The van der Waals surface area contributed by atoms with Crippen molar-refractivity contribution < 1.29 is 27.9 Å². The molecule has 11 heteroatoms. The van der Waals surface area contributed by atoms with E-state index < -0.39 is 30.4 Å². The second-order valence-electron chi connectivity index (χ2n) is 8.54. The number of nitrogens with one attached hydrogen (secondary N) is 2. The van der Waals surface area contributed by atoms with Gasteiger partial charge in [0.2, 0.25) is 17.7 Å². The number of nitrogens with two attached hydrogens (primary N) is 2. The third-order valence-corrected chi connectivity index (χ3v) is 5.62. The van der Waals surface area contributed by atoms with E-state index in [1.165, 1.54) is 29.2 Å². The van der Waals surface area contributed by atoms with E-state index in [2.05, 4.69) is 15.4 Å². The van der Waals surface area contributed by atoms with Gasteiger partial charge < -0.3 is 31.7 Å². The minimum Gasteiger partial charge on any atom is -0.435 e. The Morgan fingerprint density at radius 2 is 1.57 bits per heavy atom. The van der Waals surface area contributed by atoms with Gasteiger partial charge in [-0.25, -0.2) is 0 Å². The summed E-state index contributed by atoms with van der Waals surface area (Å²) in [6.07, 6.45) is 0.778. The molecule has 0 fully saturated rings. The van der Waals surface area contributed by atoms with Crippen LogP contribution in [0.4, 0.5) is 14.5 Å². The summed E-state index contributed by atoms with van der Waals surface area (Å²) >= 11 is 0. The molecule has 2 atom stereocenters. The smallest absolute Gasteiger partial charge is 0.387 e. The first kappa shape index (κ1) is 29.7. The number of halogens is 2. The zero-order valence-electron chi connectivity index (χ0n) is 20.9. The van der Waals surface area contributed by atoms with Crippen molar-refractivity contribution in [1.82, 2.24) is 10.2 Å². The summed E-state index contributed by atoms with van der Waals surface area (Å²) in [6, 6.07) is 14.1. The molecule has 2 aromatic carbocycles. The molecule has 202 valence electrons. The minimum atomic E-state index is -2.95. The van der Waals surface area contributed by atoms with Gasteiger partial charge in [0.1, 0.15) is 11.8 Å². The normalized spacial score (nSPS) is 12.5. The average Bonchev–Trinajstić information content (AvgIpc) is 2.87. The Labute approximate surface area is 215 Å². The van der Waals surface area contributed by atoms with E-state index >= 15 is 0 Å². The van der Waals surface area contributed by atoms with Gasteiger partial charge >= 0.3 is 6.61 Å². The van der Waals surface area contributed by atoms with Crippen LogP contribution in [-0.4, -0.2) is 61.5 Å². The lowest BCUT2D eigenvalue weighted by atomic mass is 10.0. The molecule has 0 aliphatic rings. The third kappa shape index (κ3) is 10.5. The molecule has 2 aromatic rings. The number of carbonyl (C=O) groups is 3. The third-order valence-electron chi connectivity index (χ3n) is 5.62. The number of amides is 3. The number of aryl methyl sites for hydroxylation is 1. The molecule has 3 amide bonds. The number of anilines is 1. The number of alkyl halides is 2. The number of nitrogens with zero attached hydrogens (tertiary/aromatic N) is 1. The van der Waals surface area contributed by atoms with Gasteiger partial charge in [0, 0.05) is 44.2 Å². The molecule has 0 heterocycles. The van der Waals surface area contributed by atoms with Gasteiger partial charge in [0.05, 0.1) is 0 Å². The number of hydrogen-bond acceptors (Lipinski definition) is 6. The highest BCUT2D eigenvalue weighted by Crippen LogP contribution is 2.18. The largest absolute Gasteiger partial charge is 0.435 e. The van der Waals surface area contributed by atoms with Crippen LogP contribution < -0.4 is 26.8 Å². The van der Waals surface area contributed by atoms with Gasteiger partial charge in [0.25, 0.3) is 0 Å². The molecule has 0 radical (unpaired) electrons. The summed E-state index contributed by atoms with van der Waals surface area (Å²) in [5.41, 5.74) is 12.5. The van der Waals surface area contributed by atoms with E-state index in [0.717, 1.165) is 5.56 Å². The predicted octanol–water partition coefficient (Wildman–Crippen LogP) is 2.12. The first-order chi connectivity index (χ1) is 17.7. The van der Waals surface area contributed by atoms with Crippen molar-refractivity contribution in [1.29, 1.82) is 0 Å². The standard InChI is InChI=1S/C26H35F2N5O4/c1-18(17-23(34)33(15-13-29)16-14-30)24(35)32-22(12-7-19-5-3-2-4-6-19)25(36)31-20-8-10-21(11-9-20)37-26(27)28/h2-6,8-11,18,22,26H,7,12-17,29-30H2,1H3,(H,31,36)(H,32,35). The van der Waals surface area contributed by atoms with Gasteiger partial charge in [-0.1, -0.05) is 37.3 Å². The summed E-state index contributed by atoms with van der Waals surface area (Å²) < 4.78 is 29.1. The molecule has 0 spiro atoms. The number of ether oxygens (including phenoxy) is 1. The van der Waals surface area contributed by atoms with E-state index in [1.807, 2.05) is 30.3 Å². The fourth-order valence-electron chi connectivity index (χ4n) is 3.64. The lowest BCUT2D eigenvalue weighted by Gasteiger charge is -2.24. The number of rotatable bonds is 15. The van der Waals surface area contributed by atoms with Crippen molar-refractivity contribution in [3.05, 3.63) is 60.2 Å². The first-order valence-electron chi connectivity index (χ1n) is 12.1. The minimum absolute atomic E-state index is 0.0428. The molecule has 9 nitrogen and oxygen atoms in total. The maximum Gasteiger partial charge on any atom is 0.387 e. The Morgan fingerprint density at radius 1 is 0.946 bits per heavy atom. The Morgan fingerprint density at radius 3 is 2.14 bits per heavy atom. The Balaban J connectivity index is 2.07. The zero-order valence-corrected chi connectivity index (χ0v) is 20.9. The molecule has 0 aliphatic heterocycles. The first-order valence-corrected chi connectivity index (χ1v) is 12.1. The molecular formula is C26H35F2N5O4. The zero-order chi connectivity index (χ0) is 27.2. The van der Waals surface area contributed by atoms with E-state index in [1.54, 1.807) is 6.92 Å². The van der Waals surface area contributed by atoms with Gasteiger partial charge in [-0.2, -0.15) is 8.78 Å². The molecule has 0 aromatic heterocycles. The topological polar surface area (TPSA) is 140 Å². The SMILES string of the molecule is CC(CC(=O)N(CCN)CCN)C(=O)NC(CCc1ccccc1)C(=O)Nc1ccc(OC(F)F)cc1. The van der Waals surface area contributed by atoms with E-state index in [4.69, 9.17) is 11.5 Å². The molecular weight excluding hydrogens is 484 g/mol. The summed E-state index contributed by atoms with van der Waals surface area (Å²) in [4.78, 5) is 40.1. The average molecular weight is 520 g/mol. The number of benzene rings is 2. The van der Waals surface area contributed by atoms with Crippen molar-refractivity contribution in [3.8, 4) is 5.75 Å². The van der Waals surface area contributed by atoms with Crippen LogP contribution in [0.3, 0.4) is 0 Å². The monoisotopic (exact) mass is 519 g/mol. The molecule has 2 rings (SSSR count).